The summed E-state index contributed by atoms with van der Waals surface area (Å²) in [5.41, 5.74) is 17.7. The summed E-state index contributed by atoms with van der Waals surface area (Å²) < 4.78 is 0. The Kier molecular flexibility index (Phi) is 5.91. The molecular formula is C48H35N. The first-order chi connectivity index (χ1) is 24.1. The van der Waals surface area contributed by atoms with Crippen molar-refractivity contribution >= 4 is 38.6 Å². The van der Waals surface area contributed by atoms with E-state index in [0.29, 0.717) is 0 Å². The van der Waals surface area contributed by atoms with Gasteiger partial charge in [-0.25, -0.2) is 0 Å². The maximum Gasteiger partial charge on any atom is 0.0732 e. The number of fused-ring (bicyclic) bond motifs is 14. The van der Waals surface area contributed by atoms with Crippen LogP contribution in [0.1, 0.15) is 38.9 Å². The second kappa shape index (κ2) is 10.3. The molecule has 0 aliphatic heterocycles. The molecule has 8 aromatic rings. The predicted molar refractivity (Wildman–Crippen MR) is 207 cm³/mol. The van der Waals surface area contributed by atoms with Crippen LogP contribution in [0.3, 0.4) is 0 Å². The largest absolute Gasteiger partial charge is 0.310 e. The first kappa shape index (κ1) is 28.1. The van der Waals surface area contributed by atoms with Gasteiger partial charge in [0.25, 0.3) is 0 Å². The zero-order valence-electron chi connectivity index (χ0n) is 28.0. The molecule has 0 bridgehead atoms. The van der Waals surface area contributed by atoms with Crippen molar-refractivity contribution < 1.29 is 0 Å². The lowest BCUT2D eigenvalue weighted by molar-refractivity contribution is 0.802. The van der Waals surface area contributed by atoms with Crippen LogP contribution in [0.25, 0.3) is 43.8 Å². The molecule has 8 aromatic carbocycles. The number of hydrogen-bond donors (Lipinski definition) is 0. The topological polar surface area (TPSA) is 3.24 Å². The molecule has 2 aliphatic rings. The van der Waals surface area contributed by atoms with Crippen LogP contribution in [0, 0.1) is 20.8 Å². The molecule has 0 amide bonds. The lowest BCUT2D eigenvalue weighted by Crippen LogP contribution is -2.26. The molecule has 2 aliphatic carbocycles. The fourth-order valence-electron chi connectivity index (χ4n) is 9.24. The molecule has 0 unspecified atom stereocenters. The molecule has 0 fully saturated rings. The van der Waals surface area contributed by atoms with Crippen LogP contribution in [0.4, 0.5) is 17.1 Å². The van der Waals surface area contributed by atoms with Crippen LogP contribution in [-0.2, 0) is 5.41 Å². The van der Waals surface area contributed by atoms with Gasteiger partial charge in [0.2, 0.25) is 0 Å². The van der Waals surface area contributed by atoms with E-state index >= 15 is 0 Å². The molecule has 1 nitrogen and oxygen atoms in total. The highest BCUT2D eigenvalue weighted by molar-refractivity contribution is 6.14. The standard InChI is InChI=1S/C48H35N/c1-30-26-31(2)28-34(27-30)49(44-23-13-4-14-32(44)3)45-29-43-46(39-20-8-7-19-38(39)45)40-25-24-33-15-5-6-16-35(33)47(40)48(43)41-21-11-9-17-36(41)37-18-10-12-22-42(37)48/h4-29H,1-3H3. The Bertz CT molecular complexity index is 2590. The van der Waals surface area contributed by atoms with E-state index in [1.54, 1.807) is 0 Å². The second-order valence-electron chi connectivity index (χ2n) is 13.9. The van der Waals surface area contributed by atoms with E-state index in [1.807, 2.05) is 0 Å². The number of benzene rings is 8. The summed E-state index contributed by atoms with van der Waals surface area (Å²) in [5.74, 6) is 0. The van der Waals surface area contributed by atoms with E-state index in [2.05, 4.69) is 183 Å². The number of nitrogens with zero attached hydrogens (tertiary/aromatic N) is 1. The van der Waals surface area contributed by atoms with E-state index in [1.165, 1.54) is 99.8 Å². The highest BCUT2D eigenvalue weighted by Crippen LogP contribution is 2.66. The number of para-hydroxylation sites is 1. The van der Waals surface area contributed by atoms with Crippen molar-refractivity contribution in [2.75, 3.05) is 4.90 Å². The quantitative estimate of drug-likeness (QED) is 0.189. The number of rotatable bonds is 3. The first-order valence-electron chi connectivity index (χ1n) is 17.3. The van der Waals surface area contributed by atoms with E-state index in [0.717, 1.165) is 0 Å². The summed E-state index contributed by atoms with van der Waals surface area (Å²) in [6, 6.07) is 59.3. The van der Waals surface area contributed by atoms with Crippen molar-refractivity contribution in [1.29, 1.82) is 0 Å². The summed E-state index contributed by atoms with van der Waals surface area (Å²) in [5, 5.41) is 5.13. The average molecular weight is 626 g/mol. The van der Waals surface area contributed by atoms with E-state index < -0.39 is 5.41 Å². The van der Waals surface area contributed by atoms with Crippen molar-refractivity contribution in [3.05, 3.63) is 197 Å². The molecule has 0 atom stereocenters. The maximum absolute atomic E-state index is 2.55. The summed E-state index contributed by atoms with van der Waals surface area (Å²) >= 11 is 0. The van der Waals surface area contributed by atoms with Crippen molar-refractivity contribution in [2.24, 2.45) is 0 Å². The molecule has 10 rings (SSSR count). The molecule has 0 heterocycles. The molecular weight excluding hydrogens is 591 g/mol. The normalized spacial score (nSPS) is 13.4. The molecule has 0 saturated carbocycles. The molecule has 0 saturated heterocycles. The van der Waals surface area contributed by atoms with Crippen LogP contribution in [0.5, 0.6) is 0 Å². The Morgan fingerprint density at radius 3 is 1.73 bits per heavy atom. The lowest BCUT2D eigenvalue weighted by atomic mass is 9.69. The van der Waals surface area contributed by atoms with Crippen LogP contribution in [0.15, 0.2) is 158 Å². The van der Waals surface area contributed by atoms with Crippen molar-refractivity contribution in [2.45, 2.75) is 26.2 Å². The third kappa shape index (κ3) is 3.76. The molecule has 1 spiro atoms. The van der Waals surface area contributed by atoms with E-state index in [9.17, 15) is 0 Å². The SMILES string of the molecule is Cc1cc(C)cc(N(c2ccccc2C)c2cc3c(c4ccccc24)-c2ccc4ccccc4c2C32c3ccccc3-c3ccccc32)c1. The number of hydrogen-bond acceptors (Lipinski definition) is 1. The zero-order valence-corrected chi connectivity index (χ0v) is 28.0. The van der Waals surface area contributed by atoms with Crippen LogP contribution in [-0.4, -0.2) is 0 Å². The minimum Gasteiger partial charge on any atom is -0.310 e. The molecule has 0 radical (unpaired) electrons. The van der Waals surface area contributed by atoms with Gasteiger partial charge < -0.3 is 4.90 Å². The zero-order chi connectivity index (χ0) is 32.9. The van der Waals surface area contributed by atoms with Gasteiger partial charge in [0.1, 0.15) is 0 Å². The van der Waals surface area contributed by atoms with Crippen molar-refractivity contribution in [1.82, 2.24) is 0 Å². The summed E-state index contributed by atoms with van der Waals surface area (Å²) in [7, 11) is 0. The van der Waals surface area contributed by atoms with Gasteiger partial charge >= 0.3 is 0 Å². The van der Waals surface area contributed by atoms with Gasteiger partial charge in [-0.1, -0.05) is 133 Å². The smallest absolute Gasteiger partial charge is 0.0732 e. The van der Waals surface area contributed by atoms with E-state index in [-0.39, 0.29) is 0 Å². The van der Waals surface area contributed by atoms with E-state index in [4.69, 9.17) is 0 Å². The van der Waals surface area contributed by atoms with Gasteiger partial charge in [-0.05, 0) is 122 Å². The average Bonchev–Trinajstić information content (AvgIpc) is 3.60. The Morgan fingerprint density at radius 2 is 1.02 bits per heavy atom. The van der Waals surface area contributed by atoms with Crippen LogP contribution >= 0.6 is 0 Å². The second-order valence-corrected chi connectivity index (χ2v) is 13.9. The number of aryl methyl sites for hydroxylation is 3. The fourth-order valence-corrected chi connectivity index (χ4v) is 9.24. The predicted octanol–water partition coefficient (Wildman–Crippen LogP) is 12.7. The first-order valence-corrected chi connectivity index (χ1v) is 17.3. The summed E-state index contributed by atoms with van der Waals surface area (Å²) in [6.45, 7) is 6.64. The van der Waals surface area contributed by atoms with Gasteiger partial charge in [0, 0.05) is 16.8 Å². The third-order valence-electron chi connectivity index (χ3n) is 11.0. The minimum absolute atomic E-state index is 0.475. The molecule has 232 valence electrons. The molecule has 1 heteroatoms. The lowest BCUT2D eigenvalue weighted by Gasteiger charge is -2.34. The Hall–Kier alpha value is -5.92. The minimum atomic E-state index is -0.475. The fraction of sp³-hybridized carbons (Fsp3) is 0.0833. The maximum atomic E-state index is 2.55. The van der Waals surface area contributed by atoms with Gasteiger partial charge in [0.15, 0.2) is 0 Å². The van der Waals surface area contributed by atoms with Crippen LogP contribution < -0.4 is 4.90 Å². The highest BCUT2D eigenvalue weighted by atomic mass is 15.1. The number of anilines is 3. The highest BCUT2D eigenvalue weighted by Gasteiger charge is 2.53. The Labute approximate surface area is 287 Å². The molecule has 49 heavy (non-hydrogen) atoms. The summed E-state index contributed by atoms with van der Waals surface area (Å²) in [6.07, 6.45) is 0. The van der Waals surface area contributed by atoms with Crippen LogP contribution in [0.2, 0.25) is 0 Å². The van der Waals surface area contributed by atoms with Gasteiger partial charge in [-0.3, -0.25) is 0 Å². The summed E-state index contributed by atoms with van der Waals surface area (Å²) in [4.78, 5) is 2.51. The third-order valence-corrected chi connectivity index (χ3v) is 11.0. The van der Waals surface area contributed by atoms with Gasteiger partial charge in [-0.15, -0.1) is 0 Å². The Balaban J connectivity index is 1.42. The van der Waals surface area contributed by atoms with Gasteiger partial charge in [0.05, 0.1) is 11.1 Å². The Morgan fingerprint density at radius 1 is 0.429 bits per heavy atom. The van der Waals surface area contributed by atoms with Gasteiger partial charge in [-0.2, -0.15) is 0 Å². The molecule has 0 N–H and O–H groups in total. The van der Waals surface area contributed by atoms with Crippen molar-refractivity contribution in [3.63, 3.8) is 0 Å². The monoisotopic (exact) mass is 625 g/mol. The molecule has 0 aromatic heterocycles. The van der Waals surface area contributed by atoms with Crippen molar-refractivity contribution in [3.8, 4) is 22.3 Å².